The number of benzene rings is 1. The zero-order chi connectivity index (χ0) is 10.9. The average molecular weight is 241 g/mol. The van der Waals surface area contributed by atoms with Gasteiger partial charge in [0, 0.05) is 21.7 Å². The molecule has 84 valence electrons. The van der Waals surface area contributed by atoms with Gasteiger partial charge in [0.15, 0.2) is 0 Å². The molecule has 3 heteroatoms. The summed E-state index contributed by atoms with van der Waals surface area (Å²) in [6, 6.07) is 10.6. The van der Waals surface area contributed by atoms with Gasteiger partial charge in [0.2, 0.25) is 0 Å². The Morgan fingerprint density at radius 3 is 2.60 bits per heavy atom. The van der Waals surface area contributed by atoms with Crippen LogP contribution in [0.5, 0.6) is 0 Å². The van der Waals surface area contributed by atoms with E-state index in [-0.39, 0.29) is 0 Å². The maximum Gasteiger partial charge on any atom is 0.00722 e. The van der Waals surface area contributed by atoms with E-state index in [1.54, 1.807) is 0 Å². The second kappa shape index (κ2) is 8.08. The number of hydrogen-bond donors (Lipinski definition) is 1. The third-order valence-corrected chi connectivity index (χ3v) is 4.59. The first-order chi connectivity index (χ1) is 7.33. The summed E-state index contributed by atoms with van der Waals surface area (Å²) in [6.07, 6.45) is 1.13. The topological polar surface area (TPSA) is 26.0 Å². The van der Waals surface area contributed by atoms with Crippen LogP contribution in [-0.2, 0) is 0 Å². The van der Waals surface area contributed by atoms with Crippen LogP contribution in [0.15, 0.2) is 35.2 Å². The van der Waals surface area contributed by atoms with Crippen molar-refractivity contribution in [1.82, 2.24) is 0 Å². The lowest BCUT2D eigenvalue weighted by atomic mass is 10.3. The molecule has 1 nitrogen and oxygen atoms in total. The van der Waals surface area contributed by atoms with Crippen molar-refractivity contribution in [3.05, 3.63) is 30.3 Å². The van der Waals surface area contributed by atoms with Crippen LogP contribution in [0.1, 0.15) is 13.3 Å². The molecular weight excluding hydrogens is 222 g/mol. The van der Waals surface area contributed by atoms with Gasteiger partial charge in [0.05, 0.1) is 0 Å². The molecule has 0 saturated carbocycles. The minimum absolute atomic E-state index is 0.700. The average Bonchev–Trinajstić information content (AvgIpc) is 2.26. The molecular formula is C12H19NS2. The minimum Gasteiger partial charge on any atom is -0.330 e. The van der Waals surface area contributed by atoms with E-state index >= 15 is 0 Å². The number of thioether (sulfide) groups is 2. The van der Waals surface area contributed by atoms with Crippen molar-refractivity contribution < 1.29 is 0 Å². The summed E-state index contributed by atoms with van der Waals surface area (Å²) < 4.78 is 0. The predicted molar refractivity (Wildman–Crippen MR) is 72.8 cm³/mol. The van der Waals surface area contributed by atoms with Crippen molar-refractivity contribution in [2.24, 2.45) is 5.73 Å². The van der Waals surface area contributed by atoms with Crippen molar-refractivity contribution in [2.75, 3.05) is 18.1 Å². The molecule has 0 radical (unpaired) electrons. The summed E-state index contributed by atoms with van der Waals surface area (Å²) in [5, 5.41) is 0.700. The Hall–Kier alpha value is -0.120. The van der Waals surface area contributed by atoms with Crippen molar-refractivity contribution >= 4 is 23.5 Å². The maximum atomic E-state index is 5.51. The van der Waals surface area contributed by atoms with Crippen LogP contribution >= 0.6 is 23.5 Å². The van der Waals surface area contributed by atoms with Crippen molar-refractivity contribution in [3.8, 4) is 0 Å². The lowest BCUT2D eigenvalue weighted by Gasteiger charge is -2.08. The van der Waals surface area contributed by atoms with Gasteiger partial charge in [-0.05, 0) is 25.1 Å². The van der Waals surface area contributed by atoms with Crippen LogP contribution in [0, 0.1) is 0 Å². The molecule has 0 bridgehead atoms. The molecule has 1 aromatic rings. The van der Waals surface area contributed by atoms with Gasteiger partial charge in [0.1, 0.15) is 0 Å². The summed E-state index contributed by atoms with van der Waals surface area (Å²) >= 11 is 3.95. The molecule has 0 heterocycles. The van der Waals surface area contributed by atoms with Gasteiger partial charge in [-0.15, -0.1) is 11.8 Å². The van der Waals surface area contributed by atoms with Gasteiger partial charge in [-0.1, -0.05) is 25.1 Å². The Bertz CT molecular complexity index is 251. The second-order valence-corrected chi connectivity index (χ2v) is 6.13. The lowest BCUT2D eigenvalue weighted by Crippen LogP contribution is -2.07. The predicted octanol–water partition coefficient (Wildman–Crippen LogP) is 3.25. The smallest absolute Gasteiger partial charge is 0.00722 e. The van der Waals surface area contributed by atoms with Gasteiger partial charge < -0.3 is 5.73 Å². The van der Waals surface area contributed by atoms with E-state index in [1.165, 1.54) is 16.4 Å². The first kappa shape index (κ1) is 12.9. The molecule has 1 aromatic carbocycles. The Morgan fingerprint density at radius 1 is 1.20 bits per heavy atom. The summed E-state index contributed by atoms with van der Waals surface area (Å²) in [7, 11) is 0. The molecule has 0 aromatic heterocycles. The molecule has 0 saturated heterocycles. The Kier molecular flexibility index (Phi) is 6.98. The van der Waals surface area contributed by atoms with Gasteiger partial charge >= 0.3 is 0 Å². The molecule has 1 rings (SSSR count). The van der Waals surface area contributed by atoms with Crippen LogP contribution in [0.3, 0.4) is 0 Å². The van der Waals surface area contributed by atoms with Gasteiger partial charge in [-0.3, -0.25) is 0 Å². The highest BCUT2D eigenvalue weighted by atomic mass is 32.2. The van der Waals surface area contributed by atoms with E-state index in [0.717, 1.165) is 13.0 Å². The Labute approximate surface area is 101 Å². The van der Waals surface area contributed by atoms with Crippen LogP contribution in [0.2, 0.25) is 0 Å². The van der Waals surface area contributed by atoms with Crippen LogP contribution < -0.4 is 5.73 Å². The second-order valence-electron chi connectivity index (χ2n) is 3.42. The minimum atomic E-state index is 0.700. The number of nitrogens with two attached hydrogens (primary N) is 1. The van der Waals surface area contributed by atoms with Gasteiger partial charge in [0.25, 0.3) is 0 Å². The van der Waals surface area contributed by atoms with Crippen LogP contribution in [0.25, 0.3) is 0 Å². The zero-order valence-electron chi connectivity index (χ0n) is 9.19. The van der Waals surface area contributed by atoms with E-state index in [9.17, 15) is 0 Å². The van der Waals surface area contributed by atoms with Crippen LogP contribution in [-0.4, -0.2) is 23.3 Å². The SMILES string of the molecule is CC(CCN)SCCSc1ccccc1. The van der Waals surface area contributed by atoms with Crippen molar-refractivity contribution in [2.45, 2.75) is 23.5 Å². The van der Waals surface area contributed by atoms with E-state index in [4.69, 9.17) is 5.73 Å². The molecule has 0 fully saturated rings. The molecule has 2 N–H and O–H groups in total. The summed E-state index contributed by atoms with van der Waals surface area (Å²) in [6.45, 7) is 3.06. The lowest BCUT2D eigenvalue weighted by molar-refractivity contribution is 0.823. The zero-order valence-corrected chi connectivity index (χ0v) is 10.8. The fourth-order valence-corrected chi connectivity index (χ4v) is 3.25. The van der Waals surface area contributed by atoms with E-state index in [0.29, 0.717) is 5.25 Å². The number of rotatable bonds is 7. The van der Waals surface area contributed by atoms with Gasteiger partial charge in [-0.25, -0.2) is 0 Å². The summed E-state index contributed by atoms with van der Waals surface area (Å²) in [4.78, 5) is 1.37. The van der Waals surface area contributed by atoms with E-state index in [1.807, 2.05) is 23.5 Å². The van der Waals surface area contributed by atoms with E-state index in [2.05, 4.69) is 37.3 Å². The highest BCUT2D eigenvalue weighted by molar-refractivity contribution is 8.03. The number of hydrogen-bond acceptors (Lipinski definition) is 3. The third-order valence-electron chi connectivity index (χ3n) is 2.07. The van der Waals surface area contributed by atoms with Crippen LogP contribution in [0.4, 0.5) is 0 Å². The first-order valence-electron chi connectivity index (χ1n) is 5.32. The summed E-state index contributed by atoms with van der Waals surface area (Å²) in [5.41, 5.74) is 5.51. The van der Waals surface area contributed by atoms with E-state index < -0.39 is 0 Å². The molecule has 0 aliphatic rings. The van der Waals surface area contributed by atoms with Crippen molar-refractivity contribution in [1.29, 1.82) is 0 Å². The largest absolute Gasteiger partial charge is 0.330 e. The molecule has 15 heavy (non-hydrogen) atoms. The Morgan fingerprint density at radius 2 is 1.93 bits per heavy atom. The highest BCUT2D eigenvalue weighted by Crippen LogP contribution is 2.20. The van der Waals surface area contributed by atoms with Gasteiger partial charge in [-0.2, -0.15) is 11.8 Å². The summed E-state index contributed by atoms with van der Waals surface area (Å²) in [5.74, 6) is 2.39. The molecule has 0 aliphatic carbocycles. The first-order valence-corrected chi connectivity index (χ1v) is 7.36. The normalized spacial score (nSPS) is 12.7. The third kappa shape index (κ3) is 6.13. The Balaban J connectivity index is 2.07. The maximum absolute atomic E-state index is 5.51. The fourth-order valence-electron chi connectivity index (χ4n) is 1.24. The standard InChI is InChI=1S/C12H19NS2/c1-11(7-8-13)14-9-10-15-12-5-3-2-4-6-12/h2-6,11H,7-10,13H2,1H3. The molecule has 1 unspecified atom stereocenters. The van der Waals surface area contributed by atoms with Crippen molar-refractivity contribution in [3.63, 3.8) is 0 Å². The highest BCUT2D eigenvalue weighted by Gasteiger charge is 2.00. The molecule has 0 amide bonds. The molecule has 1 atom stereocenters. The molecule has 0 aliphatic heterocycles. The molecule has 0 spiro atoms. The quantitative estimate of drug-likeness (QED) is 0.586. The fraction of sp³-hybridized carbons (Fsp3) is 0.500. The monoisotopic (exact) mass is 241 g/mol.